The zero-order valence-corrected chi connectivity index (χ0v) is 16.7. The van der Waals surface area contributed by atoms with Crippen LogP contribution in [-0.4, -0.2) is 22.3 Å². The quantitative estimate of drug-likeness (QED) is 0.475. The number of rotatable bonds is 5. The smallest absolute Gasteiger partial charge is 0.416 e. The van der Waals surface area contributed by atoms with Gasteiger partial charge in [-0.25, -0.2) is 4.98 Å². The molecule has 1 aliphatic heterocycles. The number of halogens is 5. The lowest BCUT2D eigenvalue weighted by Crippen LogP contribution is -2.18. The summed E-state index contributed by atoms with van der Waals surface area (Å²) in [6, 6.07) is 8.41. The van der Waals surface area contributed by atoms with Gasteiger partial charge in [-0.2, -0.15) is 13.2 Å². The van der Waals surface area contributed by atoms with Gasteiger partial charge >= 0.3 is 6.18 Å². The Labute approximate surface area is 175 Å². The number of benzene rings is 2. The SMILES string of the molecule is FC(F)(F)c1ccc2c(c1)nc(COc1ccc(Cl)cc1Cl)n2CC1CCCO1. The molecule has 154 valence electrons. The summed E-state index contributed by atoms with van der Waals surface area (Å²) < 4.78 is 52.6. The van der Waals surface area contributed by atoms with E-state index in [-0.39, 0.29) is 18.2 Å². The molecule has 9 heteroatoms. The molecule has 1 aromatic heterocycles. The fourth-order valence-corrected chi connectivity index (χ4v) is 3.86. The van der Waals surface area contributed by atoms with Crippen LogP contribution in [0.25, 0.3) is 11.0 Å². The lowest BCUT2D eigenvalue weighted by Gasteiger charge is -2.15. The fraction of sp³-hybridized carbons (Fsp3) is 0.350. The Morgan fingerprint density at radius 2 is 2.00 bits per heavy atom. The van der Waals surface area contributed by atoms with E-state index in [2.05, 4.69) is 4.98 Å². The van der Waals surface area contributed by atoms with Gasteiger partial charge < -0.3 is 14.0 Å². The van der Waals surface area contributed by atoms with Crippen molar-refractivity contribution in [2.75, 3.05) is 6.61 Å². The maximum atomic E-state index is 13.1. The van der Waals surface area contributed by atoms with Crippen LogP contribution in [0.15, 0.2) is 36.4 Å². The van der Waals surface area contributed by atoms with Crippen molar-refractivity contribution >= 4 is 34.2 Å². The van der Waals surface area contributed by atoms with E-state index in [4.69, 9.17) is 32.7 Å². The van der Waals surface area contributed by atoms with Gasteiger partial charge in [-0.1, -0.05) is 23.2 Å². The van der Waals surface area contributed by atoms with Crippen molar-refractivity contribution in [1.82, 2.24) is 9.55 Å². The highest BCUT2D eigenvalue weighted by molar-refractivity contribution is 6.35. The van der Waals surface area contributed by atoms with E-state index in [1.165, 1.54) is 6.07 Å². The van der Waals surface area contributed by atoms with Crippen molar-refractivity contribution in [1.29, 1.82) is 0 Å². The van der Waals surface area contributed by atoms with Crippen LogP contribution in [0, 0.1) is 0 Å². The van der Waals surface area contributed by atoms with Gasteiger partial charge in [-0.05, 0) is 49.2 Å². The lowest BCUT2D eigenvalue weighted by molar-refractivity contribution is -0.137. The van der Waals surface area contributed by atoms with Gasteiger partial charge in [-0.3, -0.25) is 0 Å². The first kappa shape index (κ1) is 20.3. The van der Waals surface area contributed by atoms with Crippen LogP contribution in [0.4, 0.5) is 13.2 Å². The zero-order chi connectivity index (χ0) is 20.6. The highest BCUT2D eigenvalue weighted by Crippen LogP contribution is 2.33. The molecule has 2 heterocycles. The molecular formula is C20H17Cl2F3N2O2. The van der Waals surface area contributed by atoms with Crippen molar-refractivity contribution < 1.29 is 22.6 Å². The van der Waals surface area contributed by atoms with Gasteiger partial charge in [0.15, 0.2) is 0 Å². The van der Waals surface area contributed by atoms with Crippen LogP contribution >= 0.6 is 23.2 Å². The molecule has 0 aliphatic carbocycles. The van der Waals surface area contributed by atoms with E-state index >= 15 is 0 Å². The van der Waals surface area contributed by atoms with Crippen LogP contribution in [0.5, 0.6) is 5.75 Å². The summed E-state index contributed by atoms with van der Waals surface area (Å²) in [6.07, 6.45) is -2.58. The standard InChI is InChI=1S/C20H17Cl2F3N2O2/c21-13-4-6-18(15(22)9-13)29-11-19-26-16-8-12(20(23,24)25)3-5-17(16)27(19)10-14-2-1-7-28-14/h3-6,8-9,14H,1-2,7,10-11H2. The van der Waals surface area contributed by atoms with Gasteiger partial charge in [-0.15, -0.1) is 0 Å². The average molecular weight is 445 g/mol. The molecule has 0 saturated carbocycles. The first-order chi connectivity index (χ1) is 13.8. The van der Waals surface area contributed by atoms with Crippen LogP contribution in [0.2, 0.25) is 10.0 Å². The summed E-state index contributed by atoms with van der Waals surface area (Å²) in [6.45, 7) is 1.22. The van der Waals surface area contributed by atoms with E-state index < -0.39 is 11.7 Å². The number of imidazole rings is 1. The molecule has 1 saturated heterocycles. The van der Waals surface area contributed by atoms with E-state index in [1.807, 2.05) is 4.57 Å². The number of fused-ring (bicyclic) bond motifs is 1. The minimum atomic E-state index is -4.43. The van der Waals surface area contributed by atoms with Crippen molar-refractivity contribution in [2.24, 2.45) is 0 Å². The highest BCUT2D eigenvalue weighted by Gasteiger charge is 2.31. The third-order valence-electron chi connectivity index (χ3n) is 4.82. The number of nitrogens with zero attached hydrogens (tertiary/aromatic N) is 2. The molecule has 0 N–H and O–H groups in total. The molecule has 0 amide bonds. The third kappa shape index (κ3) is 4.47. The third-order valence-corrected chi connectivity index (χ3v) is 5.35. The second kappa shape index (κ2) is 8.05. The Balaban J connectivity index is 1.67. The molecule has 0 spiro atoms. The van der Waals surface area contributed by atoms with E-state index in [1.54, 1.807) is 18.2 Å². The number of aromatic nitrogens is 2. The van der Waals surface area contributed by atoms with Gasteiger partial charge in [0.1, 0.15) is 18.2 Å². The fourth-order valence-electron chi connectivity index (χ4n) is 3.40. The molecule has 4 nitrogen and oxygen atoms in total. The number of ether oxygens (including phenoxy) is 2. The summed E-state index contributed by atoms with van der Waals surface area (Å²) in [5.41, 5.74) is 0.132. The zero-order valence-electron chi connectivity index (χ0n) is 15.2. The average Bonchev–Trinajstić information content (AvgIpc) is 3.28. The molecule has 29 heavy (non-hydrogen) atoms. The van der Waals surface area contributed by atoms with Crippen LogP contribution < -0.4 is 4.74 Å². The summed E-state index contributed by atoms with van der Waals surface area (Å²) in [5.74, 6) is 0.920. The van der Waals surface area contributed by atoms with E-state index in [0.29, 0.717) is 40.3 Å². The predicted octanol–water partition coefficient (Wildman–Crippen LogP) is 6.12. The second-order valence-electron chi connectivity index (χ2n) is 6.84. The van der Waals surface area contributed by atoms with Gasteiger partial charge in [0, 0.05) is 11.6 Å². The molecule has 0 radical (unpaired) electrons. The summed E-state index contributed by atoms with van der Waals surface area (Å²) in [7, 11) is 0. The molecule has 1 fully saturated rings. The largest absolute Gasteiger partial charge is 0.484 e. The van der Waals surface area contributed by atoms with E-state index in [0.717, 1.165) is 25.0 Å². The Morgan fingerprint density at radius 3 is 2.69 bits per heavy atom. The Morgan fingerprint density at radius 1 is 1.17 bits per heavy atom. The maximum Gasteiger partial charge on any atom is 0.416 e. The molecule has 1 atom stereocenters. The summed E-state index contributed by atoms with van der Waals surface area (Å²) in [5, 5.41) is 0.825. The number of hydrogen-bond donors (Lipinski definition) is 0. The Hall–Kier alpha value is -1.96. The first-order valence-corrected chi connectivity index (χ1v) is 9.82. The molecule has 2 aromatic carbocycles. The van der Waals surface area contributed by atoms with Crippen molar-refractivity contribution in [3.8, 4) is 5.75 Å². The second-order valence-corrected chi connectivity index (χ2v) is 7.68. The topological polar surface area (TPSA) is 36.3 Å². The molecule has 1 unspecified atom stereocenters. The Kier molecular flexibility index (Phi) is 5.64. The van der Waals surface area contributed by atoms with Crippen LogP contribution in [-0.2, 0) is 24.1 Å². The van der Waals surface area contributed by atoms with Crippen molar-refractivity contribution in [3.63, 3.8) is 0 Å². The van der Waals surface area contributed by atoms with Gasteiger partial charge in [0.05, 0.1) is 34.3 Å². The van der Waals surface area contributed by atoms with Crippen molar-refractivity contribution in [3.05, 3.63) is 57.8 Å². The van der Waals surface area contributed by atoms with Crippen molar-refractivity contribution in [2.45, 2.75) is 38.3 Å². The maximum absolute atomic E-state index is 13.1. The highest BCUT2D eigenvalue weighted by atomic mass is 35.5. The molecule has 4 rings (SSSR count). The van der Waals surface area contributed by atoms with Gasteiger partial charge in [0.25, 0.3) is 0 Å². The predicted molar refractivity (Wildman–Crippen MR) is 105 cm³/mol. The minimum absolute atomic E-state index is 0.00689. The van der Waals surface area contributed by atoms with Crippen LogP contribution in [0.3, 0.4) is 0 Å². The first-order valence-electron chi connectivity index (χ1n) is 9.07. The summed E-state index contributed by atoms with van der Waals surface area (Å²) in [4.78, 5) is 4.40. The lowest BCUT2D eigenvalue weighted by atomic mass is 10.2. The van der Waals surface area contributed by atoms with Gasteiger partial charge in [0.2, 0.25) is 0 Å². The normalized spacial score (nSPS) is 17.2. The number of alkyl halides is 3. The minimum Gasteiger partial charge on any atom is -0.484 e. The molecule has 1 aliphatic rings. The number of hydrogen-bond acceptors (Lipinski definition) is 3. The monoisotopic (exact) mass is 444 g/mol. The summed E-state index contributed by atoms with van der Waals surface area (Å²) >= 11 is 12.0. The van der Waals surface area contributed by atoms with Crippen LogP contribution in [0.1, 0.15) is 24.2 Å². The van der Waals surface area contributed by atoms with E-state index in [9.17, 15) is 13.2 Å². The Bertz CT molecular complexity index is 1030. The molecule has 3 aromatic rings. The molecule has 0 bridgehead atoms. The molecular weight excluding hydrogens is 428 g/mol.